The summed E-state index contributed by atoms with van der Waals surface area (Å²) in [7, 11) is 0. The van der Waals surface area contributed by atoms with Crippen LogP contribution in [0.25, 0.3) is 0 Å². The summed E-state index contributed by atoms with van der Waals surface area (Å²) in [5, 5.41) is 18.7. The van der Waals surface area contributed by atoms with Crippen LogP contribution in [0.2, 0.25) is 0 Å². The molecule has 1 heterocycles. The van der Waals surface area contributed by atoms with E-state index in [0.717, 1.165) is 25.7 Å². The zero-order chi connectivity index (χ0) is 22.3. The molecule has 5 heteroatoms. The molecule has 0 bridgehead atoms. The molecule has 5 nitrogen and oxygen atoms in total. The molecule has 2 aliphatic carbocycles. The van der Waals surface area contributed by atoms with Gasteiger partial charge in [-0.15, -0.1) is 0 Å². The van der Waals surface area contributed by atoms with Crippen molar-refractivity contribution in [3.8, 4) is 11.5 Å². The molecule has 2 fully saturated rings. The predicted molar refractivity (Wildman–Crippen MR) is 126 cm³/mol. The highest BCUT2D eigenvalue weighted by molar-refractivity contribution is 6.12. The largest absolute Gasteiger partial charge is 0.505 e. The second-order valence-electron chi connectivity index (χ2n) is 10.1. The third-order valence-electron chi connectivity index (χ3n) is 7.98. The Morgan fingerprint density at radius 1 is 1.06 bits per heavy atom. The molecule has 32 heavy (non-hydrogen) atoms. The highest BCUT2D eigenvalue weighted by atomic mass is 16.5. The molecule has 1 aliphatic heterocycles. The number of ketones is 1. The van der Waals surface area contributed by atoms with Crippen molar-refractivity contribution >= 4 is 11.5 Å². The summed E-state index contributed by atoms with van der Waals surface area (Å²) in [6, 6.07) is 13.0. The Balaban J connectivity index is 1.51. The molecule has 0 saturated heterocycles. The number of benzene rings is 2. The summed E-state index contributed by atoms with van der Waals surface area (Å²) in [6.07, 6.45) is 9.06. The molecule has 0 spiro atoms. The Labute approximate surface area is 190 Å². The Kier molecular flexibility index (Phi) is 5.40. The fourth-order valence-electron chi connectivity index (χ4n) is 5.92. The van der Waals surface area contributed by atoms with Gasteiger partial charge in [0, 0.05) is 18.0 Å². The Hall–Kier alpha value is -2.53. The monoisotopic (exact) mass is 434 g/mol. The standard InChI is InChI=1S/C27H34N2O3/c1-18-10-6-7-13-21(18)28-27-17-9-8-16-26(27,2)29-23-22(32-27)15-14-20(25(23)31)24(30)19-11-4-3-5-12-19/h3-5,11-12,14-15,18,21,28-29,31H,6-10,13,16-17H2,1-2H3/t18?,21?,26-,27+/m0/s1. The normalized spacial score (nSPS) is 31.6. The third kappa shape index (κ3) is 3.47. The number of nitrogens with one attached hydrogen (secondary N) is 2. The highest BCUT2D eigenvalue weighted by Gasteiger charge is 2.56. The Morgan fingerprint density at radius 3 is 2.59 bits per heavy atom. The summed E-state index contributed by atoms with van der Waals surface area (Å²) >= 11 is 0. The van der Waals surface area contributed by atoms with Gasteiger partial charge in [-0.1, -0.05) is 56.5 Å². The molecule has 2 aromatic carbocycles. The lowest BCUT2D eigenvalue weighted by molar-refractivity contribution is -0.0765. The molecule has 3 N–H and O–H groups in total. The number of ether oxygens (including phenoxy) is 1. The lowest BCUT2D eigenvalue weighted by Crippen LogP contribution is -2.73. The number of carbonyl (C=O) groups excluding carboxylic acids is 1. The smallest absolute Gasteiger partial charge is 0.196 e. The van der Waals surface area contributed by atoms with Crippen molar-refractivity contribution in [2.75, 3.05) is 5.32 Å². The number of anilines is 1. The number of hydrogen-bond donors (Lipinski definition) is 3. The summed E-state index contributed by atoms with van der Waals surface area (Å²) in [4.78, 5) is 13.0. The quantitative estimate of drug-likeness (QED) is 0.430. The first-order valence-electron chi connectivity index (χ1n) is 12.1. The van der Waals surface area contributed by atoms with Gasteiger partial charge in [0.2, 0.25) is 0 Å². The predicted octanol–water partition coefficient (Wildman–Crippen LogP) is 5.62. The van der Waals surface area contributed by atoms with Gasteiger partial charge in [-0.05, 0) is 50.7 Å². The molecule has 0 radical (unpaired) electrons. The molecular formula is C27H34N2O3. The van der Waals surface area contributed by atoms with Crippen molar-refractivity contribution in [2.45, 2.75) is 82.5 Å². The van der Waals surface area contributed by atoms with Crippen molar-refractivity contribution in [1.82, 2.24) is 5.32 Å². The molecule has 2 aromatic rings. The maximum Gasteiger partial charge on any atom is 0.196 e. The van der Waals surface area contributed by atoms with Crippen LogP contribution in [0.1, 0.15) is 81.1 Å². The van der Waals surface area contributed by atoms with Gasteiger partial charge in [0.25, 0.3) is 0 Å². The van der Waals surface area contributed by atoms with Crippen LogP contribution in [0.5, 0.6) is 11.5 Å². The average molecular weight is 435 g/mol. The summed E-state index contributed by atoms with van der Waals surface area (Å²) in [6.45, 7) is 4.53. The molecule has 2 unspecified atom stereocenters. The van der Waals surface area contributed by atoms with Crippen LogP contribution in [-0.4, -0.2) is 28.2 Å². The number of phenolic OH excluding ortho intramolecular Hbond substituents is 1. The summed E-state index contributed by atoms with van der Waals surface area (Å²) in [5.74, 6) is 1.02. The number of hydrogen-bond acceptors (Lipinski definition) is 5. The van der Waals surface area contributed by atoms with Crippen LogP contribution in [0.15, 0.2) is 42.5 Å². The van der Waals surface area contributed by atoms with Crippen LogP contribution in [0, 0.1) is 5.92 Å². The highest BCUT2D eigenvalue weighted by Crippen LogP contribution is 2.51. The van der Waals surface area contributed by atoms with E-state index in [4.69, 9.17) is 4.74 Å². The number of rotatable bonds is 4. The Bertz CT molecular complexity index is 1010. The maximum absolute atomic E-state index is 13.0. The first-order chi connectivity index (χ1) is 15.4. The maximum atomic E-state index is 13.0. The van der Waals surface area contributed by atoms with Crippen LogP contribution in [0.4, 0.5) is 5.69 Å². The van der Waals surface area contributed by atoms with E-state index in [2.05, 4.69) is 24.5 Å². The van der Waals surface area contributed by atoms with Gasteiger partial charge in [0.1, 0.15) is 11.4 Å². The zero-order valence-corrected chi connectivity index (χ0v) is 19.1. The van der Waals surface area contributed by atoms with Crippen molar-refractivity contribution in [2.24, 2.45) is 5.92 Å². The van der Waals surface area contributed by atoms with Gasteiger partial charge in [0.05, 0.1) is 11.1 Å². The minimum atomic E-state index is -0.522. The van der Waals surface area contributed by atoms with Crippen LogP contribution < -0.4 is 15.4 Å². The lowest BCUT2D eigenvalue weighted by atomic mass is 9.72. The third-order valence-corrected chi connectivity index (χ3v) is 7.98. The van der Waals surface area contributed by atoms with Gasteiger partial charge in [-0.3, -0.25) is 10.1 Å². The van der Waals surface area contributed by atoms with Gasteiger partial charge in [-0.2, -0.15) is 0 Å². The van der Waals surface area contributed by atoms with E-state index < -0.39 is 5.72 Å². The topological polar surface area (TPSA) is 70.6 Å². The fourth-order valence-corrected chi connectivity index (χ4v) is 5.92. The first-order valence-corrected chi connectivity index (χ1v) is 12.1. The summed E-state index contributed by atoms with van der Waals surface area (Å²) < 4.78 is 6.75. The van der Waals surface area contributed by atoms with E-state index in [1.54, 1.807) is 18.2 Å². The van der Waals surface area contributed by atoms with Crippen molar-refractivity contribution in [1.29, 1.82) is 0 Å². The molecule has 170 valence electrons. The minimum Gasteiger partial charge on any atom is -0.505 e. The zero-order valence-electron chi connectivity index (χ0n) is 19.1. The minimum absolute atomic E-state index is 0.0252. The second-order valence-corrected chi connectivity index (χ2v) is 10.1. The van der Waals surface area contributed by atoms with Crippen LogP contribution in [0.3, 0.4) is 0 Å². The molecule has 3 aliphatic rings. The molecule has 4 atom stereocenters. The summed E-state index contributed by atoms with van der Waals surface area (Å²) in [5.41, 5.74) is 0.496. The van der Waals surface area contributed by atoms with E-state index in [1.807, 2.05) is 24.3 Å². The molecule has 5 rings (SSSR count). The number of fused-ring (bicyclic) bond motifs is 2. The van der Waals surface area contributed by atoms with Crippen molar-refractivity contribution in [3.63, 3.8) is 0 Å². The van der Waals surface area contributed by atoms with E-state index in [9.17, 15) is 9.90 Å². The number of aromatic hydroxyl groups is 1. The van der Waals surface area contributed by atoms with E-state index >= 15 is 0 Å². The van der Waals surface area contributed by atoms with Gasteiger partial charge in [0.15, 0.2) is 17.3 Å². The first kappa shape index (κ1) is 21.3. The van der Waals surface area contributed by atoms with E-state index in [1.165, 1.54) is 25.7 Å². The fraction of sp³-hybridized carbons (Fsp3) is 0.519. The van der Waals surface area contributed by atoms with Crippen molar-refractivity contribution in [3.05, 3.63) is 53.6 Å². The number of carbonyl (C=O) groups is 1. The molecule has 0 aromatic heterocycles. The van der Waals surface area contributed by atoms with Gasteiger partial charge >= 0.3 is 0 Å². The van der Waals surface area contributed by atoms with E-state index in [0.29, 0.717) is 34.5 Å². The lowest BCUT2D eigenvalue weighted by Gasteiger charge is -2.57. The van der Waals surface area contributed by atoms with Gasteiger partial charge < -0.3 is 15.2 Å². The van der Waals surface area contributed by atoms with E-state index in [-0.39, 0.29) is 17.1 Å². The molecule has 0 amide bonds. The van der Waals surface area contributed by atoms with Gasteiger partial charge in [-0.25, -0.2) is 0 Å². The van der Waals surface area contributed by atoms with Crippen LogP contribution in [-0.2, 0) is 0 Å². The second kappa shape index (κ2) is 8.11. The average Bonchev–Trinajstić information content (AvgIpc) is 2.80. The Morgan fingerprint density at radius 2 is 1.81 bits per heavy atom. The van der Waals surface area contributed by atoms with Crippen molar-refractivity contribution < 1.29 is 14.6 Å². The SMILES string of the molecule is CC1CCCCC1N[C@@]12CCCC[C@]1(C)Nc1c(ccc(C(=O)c3ccccc3)c1O)O2. The molecule has 2 saturated carbocycles. The molecular weight excluding hydrogens is 400 g/mol. The van der Waals surface area contributed by atoms with Crippen LogP contribution >= 0.6 is 0 Å². The number of phenols is 1.